The van der Waals surface area contributed by atoms with Gasteiger partial charge in [0.2, 0.25) is 0 Å². The molecular formula is C18H13ClN2O4. The molecule has 0 saturated carbocycles. The molecule has 0 radical (unpaired) electrons. The summed E-state index contributed by atoms with van der Waals surface area (Å²) in [6, 6.07) is 14.1. The van der Waals surface area contributed by atoms with Gasteiger partial charge in [0, 0.05) is 17.7 Å². The van der Waals surface area contributed by atoms with Crippen molar-refractivity contribution in [3.63, 3.8) is 0 Å². The van der Waals surface area contributed by atoms with Crippen LogP contribution in [0.5, 0.6) is 17.2 Å². The molecule has 25 heavy (non-hydrogen) atoms. The monoisotopic (exact) mass is 356 g/mol. The van der Waals surface area contributed by atoms with Crippen molar-refractivity contribution in [2.45, 2.75) is 6.92 Å². The number of nitrogens with zero attached hydrogens (tertiary/aromatic N) is 1. The molecule has 0 atom stereocenters. The number of amides is 1. The average molecular weight is 357 g/mol. The van der Waals surface area contributed by atoms with Gasteiger partial charge >= 0.3 is 5.97 Å². The second-order valence-corrected chi connectivity index (χ2v) is 5.52. The molecule has 126 valence electrons. The second kappa shape index (κ2) is 6.78. The summed E-state index contributed by atoms with van der Waals surface area (Å²) in [4.78, 5) is 26.9. The molecular weight excluding hydrogens is 344 g/mol. The van der Waals surface area contributed by atoms with Gasteiger partial charge in [-0.05, 0) is 30.3 Å². The summed E-state index contributed by atoms with van der Waals surface area (Å²) < 4.78 is 10.9. The van der Waals surface area contributed by atoms with E-state index in [-0.39, 0.29) is 16.6 Å². The van der Waals surface area contributed by atoms with Crippen molar-refractivity contribution in [3.05, 3.63) is 59.4 Å². The van der Waals surface area contributed by atoms with Crippen LogP contribution in [0, 0.1) is 0 Å². The molecule has 0 unspecified atom stereocenters. The van der Waals surface area contributed by atoms with Gasteiger partial charge < -0.3 is 15.2 Å². The van der Waals surface area contributed by atoms with E-state index in [9.17, 15) is 9.59 Å². The highest BCUT2D eigenvalue weighted by Crippen LogP contribution is 2.36. The normalized spacial score (nSPS) is 10.5. The fourth-order valence-corrected chi connectivity index (χ4v) is 2.57. The van der Waals surface area contributed by atoms with Crippen LogP contribution in [0.15, 0.2) is 48.5 Å². The van der Waals surface area contributed by atoms with Gasteiger partial charge in [-0.2, -0.15) is 0 Å². The van der Waals surface area contributed by atoms with E-state index >= 15 is 0 Å². The molecule has 1 heterocycles. The molecule has 0 aliphatic rings. The highest BCUT2D eigenvalue weighted by molar-refractivity contribution is 6.35. The number of primary amides is 1. The van der Waals surface area contributed by atoms with Crippen LogP contribution in [0.1, 0.15) is 17.4 Å². The standard InChI is InChI=1S/C18H13ClN2O4/c1-10(22)24-16-13-8-7-12(25-11-5-3-2-4-6-11)9-14(13)17(19)21-15(16)18(20)23/h2-9H,1H3,(H2,20,23). The molecule has 0 bridgehead atoms. The van der Waals surface area contributed by atoms with Crippen molar-refractivity contribution in [1.82, 2.24) is 4.98 Å². The molecule has 0 aliphatic carbocycles. The number of para-hydroxylation sites is 1. The lowest BCUT2D eigenvalue weighted by Gasteiger charge is -2.12. The summed E-state index contributed by atoms with van der Waals surface area (Å²) in [5.41, 5.74) is 5.10. The van der Waals surface area contributed by atoms with Gasteiger partial charge in [0.05, 0.1) is 0 Å². The number of hydrogen-bond donors (Lipinski definition) is 1. The van der Waals surface area contributed by atoms with Crippen LogP contribution >= 0.6 is 11.6 Å². The zero-order valence-corrected chi connectivity index (χ0v) is 13.9. The number of carbonyl (C=O) groups is 2. The molecule has 1 amide bonds. The molecule has 2 N–H and O–H groups in total. The lowest BCUT2D eigenvalue weighted by Crippen LogP contribution is -2.17. The van der Waals surface area contributed by atoms with Crippen LogP contribution in [0.25, 0.3) is 10.8 Å². The van der Waals surface area contributed by atoms with Gasteiger partial charge in [-0.25, -0.2) is 4.98 Å². The summed E-state index contributed by atoms with van der Waals surface area (Å²) in [5.74, 6) is -0.296. The third-order valence-corrected chi connectivity index (χ3v) is 3.63. The largest absolute Gasteiger partial charge is 0.457 e. The van der Waals surface area contributed by atoms with E-state index in [1.54, 1.807) is 18.2 Å². The number of ether oxygens (including phenoxy) is 2. The van der Waals surface area contributed by atoms with Gasteiger partial charge in [0.15, 0.2) is 11.4 Å². The predicted octanol–water partition coefficient (Wildman–Crippen LogP) is 3.70. The highest BCUT2D eigenvalue weighted by atomic mass is 35.5. The summed E-state index contributed by atoms with van der Waals surface area (Å²) in [6.07, 6.45) is 0. The van der Waals surface area contributed by atoms with Crippen molar-refractivity contribution >= 4 is 34.2 Å². The number of fused-ring (bicyclic) bond motifs is 1. The minimum Gasteiger partial charge on any atom is -0.457 e. The van der Waals surface area contributed by atoms with Crippen molar-refractivity contribution in [3.8, 4) is 17.2 Å². The Morgan fingerprint density at radius 1 is 1.04 bits per heavy atom. The minimum atomic E-state index is -0.843. The molecule has 0 saturated heterocycles. The zero-order chi connectivity index (χ0) is 18.0. The molecule has 6 nitrogen and oxygen atoms in total. The van der Waals surface area contributed by atoms with E-state index in [4.69, 9.17) is 26.8 Å². The Morgan fingerprint density at radius 3 is 2.40 bits per heavy atom. The number of carbonyl (C=O) groups excluding carboxylic acids is 2. The lowest BCUT2D eigenvalue weighted by atomic mass is 10.1. The first kappa shape index (κ1) is 16.7. The fourth-order valence-electron chi connectivity index (χ4n) is 2.33. The Hall–Kier alpha value is -3.12. The van der Waals surface area contributed by atoms with Crippen LogP contribution in [0.4, 0.5) is 0 Å². The van der Waals surface area contributed by atoms with Crippen LogP contribution < -0.4 is 15.2 Å². The molecule has 0 spiro atoms. The van der Waals surface area contributed by atoms with Crippen molar-refractivity contribution < 1.29 is 19.1 Å². The van der Waals surface area contributed by atoms with Gasteiger partial charge in [-0.15, -0.1) is 0 Å². The maximum atomic E-state index is 11.6. The summed E-state index contributed by atoms with van der Waals surface area (Å²) >= 11 is 6.17. The van der Waals surface area contributed by atoms with E-state index in [2.05, 4.69) is 4.98 Å². The first-order valence-electron chi connectivity index (χ1n) is 7.30. The average Bonchev–Trinajstić information content (AvgIpc) is 2.57. The van der Waals surface area contributed by atoms with E-state index in [0.717, 1.165) is 0 Å². The fraction of sp³-hybridized carbons (Fsp3) is 0.0556. The molecule has 7 heteroatoms. The maximum absolute atomic E-state index is 11.6. The highest BCUT2D eigenvalue weighted by Gasteiger charge is 2.20. The Bertz CT molecular complexity index is 974. The number of pyridine rings is 1. The van der Waals surface area contributed by atoms with Gasteiger partial charge in [0.1, 0.15) is 16.7 Å². The van der Waals surface area contributed by atoms with Gasteiger partial charge in [-0.3, -0.25) is 9.59 Å². The molecule has 0 aliphatic heterocycles. The van der Waals surface area contributed by atoms with Crippen LogP contribution in [-0.2, 0) is 4.79 Å². The molecule has 1 aromatic heterocycles. The Kier molecular flexibility index (Phi) is 4.54. The summed E-state index contributed by atoms with van der Waals surface area (Å²) in [6.45, 7) is 1.22. The van der Waals surface area contributed by atoms with Crippen LogP contribution in [0.3, 0.4) is 0 Å². The van der Waals surface area contributed by atoms with Crippen LogP contribution in [0.2, 0.25) is 5.15 Å². The summed E-state index contributed by atoms with van der Waals surface area (Å²) in [5, 5.41) is 0.957. The first-order valence-corrected chi connectivity index (χ1v) is 7.68. The van der Waals surface area contributed by atoms with Gasteiger partial charge in [0.25, 0.3) is 5.91 Å². The van der Waals surface area contributed by atoms with E-state index < -0.39 is 11.9 Å². The Balaban J connectivity index is 2.13. The minimum absolute atomic E-state index is 0.0225. The third kappa shape index (κ3) is 3.54. The number of halogens is 1. The molecule has 0 fully saturated rings. The van der Waals surface area contributed by atoms with Crippen molar-refractivity contribution in [1.29, 1.82) is 0 Å². The molecule has 3 aromatic rings. The zero-order valence-electron chi connectivity index (χ0n) is 13.2. The van der Waals surface area contributed by atoms with E-state index in [1.165, 1.54) is 6.92 Å². The quantitative estimate of drug-likeness (QED) is 0.568. The number of rotatable bonds is 4. The number of aromatic nitrogens is 1. The van der Waals surface area contributed by atoms with Gasteiger partial charge in [-0.1, -0.05) is 29.8 Å². The van der Waals surface area contributed by atoms with Crippen molar-refractivity contribution in [2.24, 2.45) is 5.73 Å². The van der Waals surface area contributed by atoms with Crippen molar-refractivity contribution in [2.75, 3.05) is 0 Å². The molecule has 3 rings (SSSR count). The number of esters is 1. The Labute approximate surface area is 148 Å². The van der Waals surface area contributed by atoms with E-state index in [1.807, 2.05) is 30.3 Å². The predicted molar refractivity (Wildman–Crippen MR) is 93.1 cm³/mol. The Morgan fingerprint density at radius 2 is 1.76 bits per heavy atom. The maximum Gasteiger partial charge on any atom is 0.308 e. The van der Waals surface area contributed by atoms with Crippen LogP contribution in [-0.4, -0.2) is 16.9 Å². The topological polar surface area (TPSA) is 91.5 Å². The number of benzene rings is 2. The number of nitrogens with two attached hydrogens (primary N) is 1. The van der Waals surface area contributed by atoms with E-state index in [0.29, 0.717) is 22.3 Å². The first-order chi connectivity index (χ1) is 12.0. The molecule has 2 aromatic carbocycles. The summed E-state index contributed by atoms with van der Waals surface area (Å²) in [7, 11) is 0. The lowest BCUT2D eigenvalue weighted by molar-refractivity contribution is -0.131. The number of hydrogen-bond acceptors (Lipinski definition) is 5. The smallest absolute Gasteiger partial charge is 0.308 e. The second-order valence-electron chi connectivity index (χ2n) is 5.16. The third-order valence-electron chi connectivity index (χ3n) is 3.34. The SMILES string of the molecule is CC(=O)Oc1c(C(N)=O)nc(Cl)c2cc(Oc3ccccc3)ccc12.